The lowest BCUT2D eigenvalue weighted by Crippen LogP contribution is -2.04. The van der Waals surface area contributed by atoms with E-state index in [1.54, 1.807) is 6.20 Å². The van der Waals surface area contributed by atoms with Crippen LogP contribution in [0.1, 0.15) is 24.5 Å². The van der Waals surface area contributed by atoms with Crippen LogP contribution < -0.4 is 5.73 Å². The van der Waals surface area contributed by atoms with E-state index in [0.29, 0.717) is 6.61 Å². The van der Waals surface area contributed by atoms with E-state index in [1.807, 2.05) is 28.9 Å². The average molecular weight is 310 g/mol. The number of hydrogen-bond acceptors (Lipinski definition) is 4. The Morgan fingerprint density at radius 1 is 1.22 bits per heavy atom. The minimum atomic E-state index is 0.690. The molecular weight excluding hydrogens is 288 g/mol. The molecule has 0 aliphatic carbocycles. The largest absolute Gasteiger partial charge is 0.399 e. The number of imidazole rings is 1. The van der Waals surface area contributed by atoms with Gasteiger partial charge in [-0.05, 0) is 43.5 Å². The van der Waals surface area contributed by atoms with Gasteiger partial charge in [-0.2, -0.15) is 5.10 Å². The van der Waals surface area contributed by atoms with Gasteiger partial charge in [0, 0.05) is 35.8 Å². The van der Waals surface area contributed by atoms with E-state index in [-0.39, 0.29) is 0 Å². The van der Waals surface area contributed by atoms with Crippen molar-refractivity contribution in [1.29, 1.82) is 0 Å². The highest BCUT2D eigenvalue weighted by Gasteiger charge is 2.11. The quantitative estimate of drug-likeness (QED) is 0.560. The van der Waals surface area contributed by atoms with Crippen molar-refractivity contribution in [1.82, 2.24) is 14.6 Å². The molecule has 23 heavy (non-hydrogen) atoms. The molecule has 0 bridgehead atoms. The summed E-state index contributed by atoms with van der Waals surface area (Å²) in [7, 11) is 0. The summed E-state index contributed by atoms with van der Waals surface area (Å²) in [5, 5.41) is 4.67. The van der Waals surface area contributed by atoms with Gasteiger partial charge >= 0.3 is 0 Å². The summed E-state index contributed by atoms with van der Waals surface area (Å²) in [5.41, 5.74) is 11.8. The lowest BCUT2D eigenvalue weighted by molar-refractivity contribution is 0.138. The number of nitrogens with two attached hydrogens (primary N) is 1. The standard InChI is InChI=1S/C18H22N4O/c1-3-9-23-10-6-14-11-17(21-22-8-7-20-18(14)22)16-12-15(19)5-4-13(16)2/h4-5,7-8,11-12H,3,6,9-10,19H2,1-2H3. The van der Waals surface area contributed by atoms with Crippen molar-refractivity contribution in [3.8, 4) is 11.3 Å². The molecule has 0 atom stereocenters. The maximum Gasteiger partial charge on any atom is 0.156 e. The minimum absolute atomic E-state index is 0.690. The Hall–Kier alpha value is -2.40. The van der Waals surface area contributed by atoms with Crippen molar-refractivity contribution in [2.75, 3.05) is 18.9 Å². The van der Waals surface area contributed by atoms with Gasteiger partial charge in [-0.3, -0.25) is 0 Å². The van der Waals surface area contributed by atoms with Crippen molar-refractivity contribution >= 4 is 11.3 Å². The number of fused-ring (bicyclic) bond motifs is 1. The number of nitrogens with zero attached hydrogens (tertiary/aromatic N) is 3. The molecule has 0 unspecified atom stereocenters. The first-order chi connectivity index (χ1) is 11.2. The Balaban J connectivity index is 1.99. The van der Waals surface area contributed by atoms with E-state index < -0.39 is 0 Å². The van der Waals surface area contributed by atoms with E-state index in [1.165, 1.54) is 0 Å². The molecule has 3 rings (SSSR count). The first kappa shape index (κ1) is 15.5. The lowest BCUT2D eigenvalue weighted by Gasteiger charge is -2.10. The summed E-state index contributed by atoms with van der Waals surface area (Å²) in [6.07, 6.45) is 5.49. The fourth-order valence-corrected chi connectivity index (χ4v) is 2.64. The zero-order chi connectivity index (χ0) is 16.2. The molecule has 2 aromatic heterocycles. The third-order valence-corrected chi connectivity index (χ3v) is 3.84. The molecule has 120 valence electrons. The Morgan fingerprint density at radius 3 is 2.91 bits per heavy atom. The monoisotopic (exact) mass is 310 g/mol. The summed E-state index contributed by atoms with van der Waals surface area (Å²) in [6, 6.07) is 8.00. The minimum Gasteiger partial charge on any atom is -0.399 e. The molecule has 2 N–H and O–H groups in total. The number of ether oxygens (including phenoxy) is 1. The average Bonchev–Trinajstić information content (AvgIpc) is 3.02. The van der Waals surface area contributed by atoms with Crippen molar-refractivity contribution in [2.45, 2.75) is 26.7 Å². The van der Waals surface area contributed by atoms with Crippen LogP contribution in [0.2, 0.25) is 0 Å². The van der Waals surface area contributed by atoms with Gasteiger partial charge in [0.2, 0.25) is 0 Å². The molecular formula is C18H22N4O. The van der Waals surface area contributed by atoms with Crippen LogP contribution >= 0.6 is 0 Å². The first-order valence-corrected chi connectivity index (χ1v) is 7.96. The zero-order valence-electron chi connectivity index (χ0n) is 13.6. The van der Waals surface area contributed by atoms with Gasteiger partial charge in [0.15, 0.2) is 5.65 Å². The van der Waals surface area contributed by atoms with Crippen LogP contribution in [0.15, 0.2) is 36.7 Å². The highest BCUT2D eigenvalue weighted by atomic mass is 16.5. The van der Waals surface area contributed by atoms with Gasteiger partial charge in [-0.15, -0.1) is 0 Å². The number of hydrogen-bond donors (Lipinski definition) is 1. The summed E-state index contributed by atoms with van der Waals surface area (Å²) in [6.45, 7) is 5.66. The molecule has 0 spiro atoms. The van der Waals surface area contributed by atoms with E-state index in [0.717, 1.165) is 53.2 Å². The molecule has 0 fully saturated rings. The predicted octanol–water partition coefficient (Wildman–Crippen LogP) is 3.26. The summed E-state index contributed by atoms with van der Waals surface area (Å²) >= 11 is 0. The molecule has 0 amide bonds. The fraction of sp³-hybridized carbons (Fsp3) is 0.333. The van der Waals surface area contributed by atoms with Crippen molar-refractivity contribution in [2.24, 2.45) is 0 Å². The van der Waals surface area contributed by atoms with E-state index in [9.17, 15) is 0 Å². The van der Waals surface area contributed by atoms with Gasteiger partial charge < -0.3 is 10.5 Å². The highest BCUT2D eigenvalue weighted by Crippen LogP contribution is 2.25. The maximum absolute atomic E-state index is 5.94. The molecule has 5 nitrogen and oxygen atoms in total. The van der Waals surface area contributed by atoms with Gasteiger partial charge in [-0.25, -0.2) is 9.50 Å². The smallest absolute Gasteiger partial charge is 0.156 e. The number of rotatable bonds is 6. The highest BCUT2D eigenvalue weighted by molar-refractivity contribution is 5.69. The van der Waals surface area contributed by atoms with Crippen LogP contribution in [0.3, 0.4) is 0 Å². The lowest BCUT2D eigenvalue weighted by atomic mass is 10.0. The van der Waals surface area contributed by atoms with Crippen LogP contribution in [0, 0.1) is 6.92 Å². The summed E-state index contributed by atoms with van der Waals surface area (Å²) in [4.78, 5) is 4.41. The Bertz CT molecular complexity index is 810. The maximum atomic E-state index is 5.94. The second kappa shape index (κ2) is 6.79. The molecule has 0 aliphatic rings. The van der Waals surface area contributed by atoms with Gasteiger partial charge in [0.1, 0.15) is 0 Å². The number of benzene rings is 1. The Morgan fingerprint density at radius 2 is 2.09 bits per heavy atom. The second-order valence-electron chi connectivity index (χ2n) is 5.69. The van der Waals surface area contributed by atoms with Crippen LogP contribution in [0.4, 0.5) is 5.69 Å². The normalized spacial score (nSPS) is 11.2. The number of anilines is 1. The molecule has 3 aromatic rings. The number of aromatic nitrogens is 3. The van der Waals surface area contributed by atoms with E-state index in [4.69, 9.17) is 10.5 Å². The molecule has 2 heterocycles. The predicted molar refractivity (Wildman–Crippen MR) is 92.4 cm³/mol. The topological polar surface area (TPSA) is 65.4 Å². The summed E-state index contributed by atoms with van der Waals surface area (Å²) < 4.78 is 7.45. The number of nitrogen functional groups attached to an aromatic ring is 1. The van der Waals surface area contributed by atoms with Crippen LogP contribution in [-0.4, -0.2) is 27.8 Å². The fourth-order valence-electron chi connectivity index (χ4n) is 2.64. The van der Waals surface area contributed by atoms with Gasteiger partial charge in [0.25, 0.3) is 0 Å². The Labute approximate surface area is 136 Å². The van der Waals surface area contributed by atoms with Gasteiger partial charge in [0.05, 0.1) is 12.3 Å². The molecule has 0 aliphatic heterocycles. The van der Waals surface area contributed by atoms with Crippen LogP contribution in [-0.2, 0) is 11.2 Å². The third-order valence-electron chi connectivity index (χ3n) is 3.84. The van der Waals surface area contributed by atoms with E-state index >= 15 is 0 Å². The molecule has 0 radical (unpaired) electrons. The molecule has 0 saturated carbocycles. The van der Waals surface area contributed by atoms with Crippen molar-refractivity contribution in [3.05, 3.63) is 47.8 Å². The van der Waals surface area contributed by atoms with Crippen molar-refractivity contribution in [3.63, 3.8) is 0 Å². The second-order valence-corrected chi connectivity index (χ2v) is 5.69. The summed E-state index contributed by atoms with van der Waals surface area (Å²) in [5.74, 6) is 0. The molecule has 5 heteroatoms. The van der Waals surface area contributed by atoms with Crippen molar-refractivity contribution < 1.29 is 4.74 Å². The SMILES string of the molecule is CCCOCCc1cc(-c2cc(N)ccc2C)nn2ccnc12. The van der Waals surface area contributed by atoms with Gasteiger partial charge in [-0.1, -0.05) is 13.0 Å². The molecule has 0 saturated heterocycles. The van der Waals surface area contributed by atoms with Crippen LogP contribution in [0.5, 0.6) is 0 Å². The molecule has 1 aromatic carbocycles. The van der Waals surface area contributed by atoms with E-state index in [2.05, 4.69) is 30.0 Å². The number of aryl methyl sites for hydroxylation is 1. The third kappa shape index (κ3) is 3.35. The Kier molecular flexibility index (Phi) is 4.57. The first-order valence-electron chi connectivity index (χ1n) is 7.96. The van der Waals surface area contributed by atoms with Crippen LogP contribution in [0.25, 0.3) is 16.9 Å². The zero-order valence-corrected chi connectivity index (χ0v) is 13.6.